The van der Waals surface area contributed by atoms with Crippen molar-refractivity contribution in [2.24, 2.45) is 0 Å². The van der Waals surface area contributed by atoms with Crippen molar-refractivity contribution in [1.82, 2.24) is 4.98 Å². The molecule has 1 aromatic heterocycles. The minimum Gasteiger partial charge on any atom is -0.483 e. The SMILES string of the molecule is Cc1cc(NC(=O)COc2ccccc2Br)ccn1. The lowest BCUT2D eigenvalue weighted by molar-refractivity contribution is -0.118. The molecule has 0 saturated heterocycles. The Morgan fingerprint density at radius 1 is 1.37 bits per heavy atom. The quantitative estimate of drug-likeness (QED) is 0.941. The number of amides is 1. The summed E-state index contributed by atoms with van der Waals surface area (Å²) in [5.74, 6) is 0.435. The molecule has 1 amide bonds. The van der Waals surface area contributed by atoms with Gasteiger partial charge in [-0.15, -0.1) is 0 Å². The van der Waals surface area contributed by atoms with Crippen LogP contribution in [0.15, 0.2) is 47.1 Å². The summed E-state index contributed by atoms with van der Waals surface area (Å²) in [6, 6.07) is 10.9. The molecule has 0 spiro atoms. The van der Waals surface area contributed by atoms with Crippen LogP contribution in [0.25, 0.3) is 0 Å². The van der Waals surface area contributed by atoms with Crippen molar-refractivity contribution in [2.75, 3.05) is 11.9 Å². The standard InChI is InChI=1S/C14H13BrN2O2/c1-10-8-11(6-7-16-10)17-14(18)9-19-13-5-3-2-4-12(13)15/h2-8H,9H2,1H3,(H,16,17,18). The number of pyridine rings is 1. The van der Waals surface area contributed by atoms with Crippen LogP contribution in [0.3, 0.4) is 0 Å². The second kappa shape index (κ2) is 6.33. The zero-order chi connectivity index (χ0) is 13.7. The number of rotatable bonds is 4. The van der Waals surface area contributed by atoms with Gasteiger partial charge in [0.1, 0.15) is 5.75 Å². The van der Waals surface area contributed by atoms with E-state index in [2.05, 4.69) is 26.2 Å². The Bertz CT molecular complexity index is 587. The molecule has 19 heavy (non-hydrogen) atoms. The topological polar surface area (TPSA) is 51.2 Å². The molecule has 0 atom stereocenters. The number of carbonyl (C=O) groups is 1. The summed E-state index contributed by atoms with van der Waals surface area (Å²) in [4.78, 5) is 15.8. The molecular weight excluding hydrogens is 308 g/mol. The number of nitrogens with one attached hydrogen (secondary N) is 1. The second-order valence-electron chi connectivity index (χ2n) is 3.95. The number of benzene rings is 1. The molecule has 0 saturated carbocycles. The van der Waals surface area contributed by atoms with Crippen molar-refractivity contribution in [2.45, 2.75) is 6.92 Å². The predicted octanol–water partition coefficient (Wildman–Crippen LogP) is 3.17. The lowest BCUT2D eigenvalue weighted by Crippen LogP contribution is -2.20. The Balaban J connectivity index is 1.90. The van der Waals surface area contributed by atoms with Crippen molar-refractivity contribution >= 4 is 27.5 Å². The highest BCUT2D eigenvalue weighted by Crippen LogP contribution is 2.23. The number of aryl methyl sites for hydroxylation is 1. The maximum atomic E-state index is 11.7. The first-order valence-electron chi connectivity index (χ1n) is 5.75. The van der Waals surface area contributed by atoms with E-state index in [9.17, 15) is 4.79 Å². The lowest BCUT2D eigenvalue weighted by Gasteiger charge is -2.08. The van der Waals surface area contributed by atoms with Gasteiger partial charge in [0.25, 0.3) is 5.91 Å². The molecule has 0 unspecified atom stereocenters. The molecule has 2 rings (SSSR count). The van der Waals surface area contributed by atoms with Crippen molar-refractivity contribution in [3.63, 3.8) is 0 Å². The highest BCUT2D eigenvalue weighted by Gasteiger charge is 2.05. The van der Waals surface area contributed by atoms with Gasteiger partial charge in [0.2, 0.25) is 0 Å². The third-order valence-corrected chi connectivity index (χ3v) is 3.03. The number of halogens is 1. The van der Waals surface area contributed by atoms with Crippen molar-refractivity contribution in [3.8, 4) is 5.75 Å². The third-order valence-electron chi connectivity index (χ3n) is 2.38. The fourth-order valence-corrected chi connectivity index (χ4v) is 1.92. The molecule has 4 nitrogen and oxygen atoms in total. The van der Waals surface area contributed by atoms with E-state index < -0.39 is 0 Å². The summed E-state index contributed by atoms with van der Waals surface area (Å²) in [6.07, 6.45) is 1.65. The molecule has 1 heterocycles. The molecule has 0 aliphatic rings. The van der Waals surface area contributed by atoms with E-state index in [1.807, 2.05) is 25.1 Å². The third kappa shape index (κ3) is 4.06. The summed E-state index contributed by atoms with van der Waals surface area (Å²) in [7, 11) is 0. The molecule has 5 heteroatoms. The van der Waals surface area contributed by atoms with E-state index in [0.717, 1.165) is 10.2 Å². The van der Waals surface area contributed by atoms with Crippen molar-refractivity contribution in [1.29, 1.82) is 0 Å². The zero-order valence-electron chi connectivity index (χ0n) is 10.4. The largest absolute Gasteiger partial charge is 0.483 e. The molecule has 0 radical (unpaired) electrons. The number of nitrogens with zero attached hydrogens (tertiary/aromatic N) is 1. The Morgan fingerprint density at radius 3 is 2.89 bits per heavy atom. The average Bonchev–Trinajstić information content (AvgIpc) is 2.38. The van der Waals surface area contributed by atoms with Crippen LogP contribution in [0.5, 0.6) is 5.75 Å². The van der Waals surface area contributed by atoms with Crippen molar-refractivity contribution < 1.29 is 9.53 Å². The van der Waals surface area contributed by atoms with Crippen LogP contribution in [-0.2, 0) is 4.79 Å². The molecule has 0 aliphatic heterocycles. The fraction of sp³-hybridized carbons (Fsp3) is 0.143. The molecule has 0 fully saturated rings. The number of anilines is 1. The molecule has 98 valence electrons. The highest BCUT2D eigenvalue weighted by atomic mass is 79.9. The van der Waals surface area contributed by atoms with Crippen LogP contribution < -0.4 is 10.1 Å². The van der Waals surface area contributed by atoms with Crippen LogP contribution in [0, 0.1) is 6.92 Å². The Labute approximate surface area is 119 Å². The van der Waals surface area contributed by atoms with Crippen LogP contribution >= 0.6 is 15.9 Å². The molecular formula is C14H13BrN2O2. The summed E-state index contributed by atoms with van der Waals surface area (Å²) in [6.45, 7) is 1.83. The number of ether oxygens (including phenoxy) is 1. The van der Waals surface area contributed by atoms with E-state index in [-0.39, 0.29) is 12.5 Å². The molecule has 0 aliphatic carbocycles. The maximum absolute atomic E-state index is 11.7. The number of hydrogen-bond donors (Lipinski definition) is 1. The van der Waals surface area contributed by atoms with Crippen LogP contribution in [0.1, 0.15) is 5.69 Å². The van der Waals surface area contributed by atoms with Gasteiger partial charge in [-0.05, 0) is 47.1 Å². The molecule has 2 aromatic rings. The van der Waals surface area contributed by atoms with E-state index in [4.69, 9.17) is 4.74 Å². The first-order valence-corrected chi connectivity index (χ1v) is 6.54. The minimum atomic E-state index is -0.207. The maximum Gasteiger partial charge on any atom is 0.262 e. The Kier molecular flexibility index (Phi) is 4.52. The second-order valence-corrected chi connectivity index (χ2v) is 4.81. The monoisotopic (exact) mass is 320 g/mol. The van der Waals surface area contributed by atoms with E-state index in [0.29, 0.717) is 11.4 Å². The predicted molar refractivity (Wildman–Crippen MR) is 77.2 cm³/mol. The number of para-hydroxylation sites is 1. The van der Waals surface area contributed by atoms with E-state index >= 15 is 0 Å². The summed E-state index contributed by atoms with van der Waals surface area (Å²) >= 11 is 3.36. The van der Waals surface area contributed by atoms with Gasteiger partial charge in [-0.3, -0.25) is 9.78 Å². The summed E-state index contributed by atoms with van der Waals surface area (Å²) in [5.41, 5.74) is 1.57. The smallest absolute Gasteiger partial charge is 0.262 e. The van der Waals surface area contributed by atoms with E-state index in [1.165, 1.54) is 0 Å². The number of carbonyl (C=O) groups excluding carboxylic acids is 1. The summed E-state index contributed by atoms with van der Waals surface area (Å²) < 4.78 is 6.25. The van der Waals surface area contributed by atoms with Gasteiger partial charge >= 0.3 is 0 Å². The molecule has 1 aromatic carbocycles. The first-order chi connectivity index (χ1) is 9.15. The average molecular weight is 321 g/mol. The van der Waals surface area contributed by atoms with Crippen LogP contribution in [-0.4, -0.2) is 17.5 Å². The number of aromatic nitrogens is 1. The van der Waals surface area contributed by atoms with Gasteiger partial charge in [-0.1, -0.05) is 12.1 Å². The number of hydrogen-bond acceptors (Lipinski definition) is 3. The van der Waals surface area contributed by atoms with Gasteiger partial charge < -0.3 is 10.1 Å². The van der Waals surface area contributed by atoms with Gasteiger partial charge in [0.15, 0.2) is 6.61 Å². The highest BCUT2D eigenvalue weighted by molar-refractivity contribution is 9.10. The van der Waals surface area contributed by atoms with Crippen molar-refractivity contribution in [3.05, 3.63) is 52.8 Å². The summed E-state index contributed by atoms with van der Waals surface area (Å²) in [5, 5.41) is 2.75. The van der Waals surface area contributed by atoms with Gasteiger partial charge in [-0.25, -0.2) is 0 Å². The Hall–Kier alpha value is -1.88. The van der Waals surface area contributed by atoms with Gasteiger partial charge in [0.05, 0.1) is 4.47 Å². The van der Waals surface area contributed by atoms with Crippen LogP contribution in [0.2, 0.25) is 0 Å². The molecule has 1 N–H and O–H groups in total. The molecule has 0 bridgehead atoms. The minimum absolute atomic E-state index is 0.0377. The van der Waals surface area contributed by atoms with Gasteiger partial charge in [-0.2, -0.15) is 0 Å². The van der Waals surface area contributed by atoms with Gasteiger partial charge in [0, 0.05) is 17.6 Å². The van der Waals surface area contributed by atoms with E-state index in [1.54, 1.807) is 24.4 Å². The normalized spacial score (nSPS) is 10.0. The lowest BCUT2D eigenvalue weighted by atomic mass is 10.3. The zero-order valence-corrected chi connectivity index (χ0v) is 12.0. The fourth-order valence-electron chi connectivity index (χ4n) is 1.53. The van der Waals surface area contributed by atoms with Crippen LogP contribution in [0.4, 0.5) is 5.69 Å². The first kappa shape index (κ1) is 13.5. The Morgan fingerprint density at radius 2 is 2.16 bits per heavy atom.